The van der Waals surface area contributed by atoms with E-state index in [2.05, 4.69) is 38.5 Å². The second kappa shape index (κ2) is 5.75. The smallest absolute Gasteiger partial charge is 0.155 e. The summed E-state index contributed by atoms with van der Waals surface area (Å²) in [4.78, 5) is 8.65. The summed E-state index contributed by atoms with van der Waals surface area (Å²) in [5.41, 5.74) is 5.03. The fourth-order valence-corrected chi connectivity index (χ4v) is 2.74. The van der Waals surface area contributed by atoms with Gasteiger partial charge in [0.1, 0.15) is 17.4 Å². The Hall–Kier alpha value is -2.44. The van der Waals surface area contributed by atoms with Gasteiger partial charge in [-0.05, 0) is 33.3 Å². The number of aromatic nitrogens is 6. The van der Waals surface area contributed by atoms with Crippen LogP contribution in [0.4, 0.5) is 5.82 Å². The van der Waals surface area contributed by atoms with Gasteiger partial charge in [0.15, 0.2) is 5.82 Å². The molecule has 0 bridgehead atoms. The lowest BCUT2D eigenvalue weighted by molar-refractivity contribution is 0.573. The third-order valence-corrected chi connectivity index (χ3v) is 3.73. The fourth-order valence-electron chi connectivity index (χ4n) is 2.74. The lowest BCUT2D eigenvalue weighted by Crippen LogP contribution is -2.10. The van der Waals surface area contributed by atoms with E-state index >= 15 is 0 Å². The number of nitrogens with one attached hydrogen (secondary N) is 1. The van der Waals surface area contributed by atoms with Crippen LogP contribution in [-0.4, -0.2) is 36.1 Å². The van der Waals surface area contributed by atoms with Gasteiger partial charge in [0.05, 0.1) is 11.4 Å². The van der Waals surface area contributed by atoms with Crippen LogP contribution < -0.4 is 5.32 Å². The molecule has 22 heavy (non-hydrogen) atoms. The number of nitrogens with zero attached hydrogens (tertiary/aromatic N) is 6. The Balaban J connectivity index is 1.66. The Bertz CT molecular complexity index is 800. The molecule has 1 N–H and O–H groups in total. The molecule has 0 unspecified atom stereocenters. The third-order valence-electron chi connectivity index (χ3n) is 3.73. The highest BCUT2D eigenvalue weighted by Crippen LogP contribution is 2.20. The van der Waals surface area contributed by atoms with Crippen LogP contribution in [0.25, 0.3) is 11.0 Å². The van der Waals surface area contributed by atoms with Crippen molar-refractivity contribution in [2.24, 2.45) is 7.05 Å². The summed E-state index contributed by atoms with van der Waals surface area (Å²) in [6, 6.07) is 2.10. The van der Waals surface area contributed by atoms with E-state index in [-0.39, 0.29) is 0 Å². The second-order valence-corrected chi connectivity index (χ2v) is 5.56. The molecule has 116 valence electrons. The van der Waals surface area contributed by atoms with E-state index in [1.807, 2.05) is 30.3 Å². The van der Waals surface area contributed by atoms with Crippen LogP contribution >= 0.6 is 0 Å². The van der Waals surface area contributed by atoms with Gasteiger partial charge in [-0.3, -0.25) is 9.36 Å². The first-order chi connectivity index (χ1) is 10.6. The molecule has 3 rings (SSSR count). The zero-order chi connectivity index (χ0) is 15.7. The first-order valence-corrected chi connectivity index (χ1v) is 7.45. The zero-order valence-corrected chi connectivity index (χ0v) is 13.5. The van der Waals surface area contributed by atoms with Crippen molar-refractivity contribution in [3.8, 4) is 0 Å². The normalized spacial score (nSPS) is 11.3. The van der Waals surface area contributed by atoms with Crippen molar-refractivity contribution in [2.45, 2.75) is 33.7 Å². The molecule has 0 radical (unpaired) electrons. The van der Waals surface area contributed by atoms with Crippen molar-refractivity contribution in [2.75, 3.05) is 11.9 Å². The quantitative estimate of drug-likeness (QED) is 0.729. The molecule has 7 nitrogen and oxygen atoms in total. The van der Waals surface area contributed by atoms with E-state index in [9.17, 15) is 0 Å². The summed E-state index contributed by atoms with van der Waals surface area (Å²) in [7, 11) is 1.92. The van der Waals surface area contributed by atoms with E-state index in [1.54, 1.807) is 6.33 Å². The molecule has 0 aromatic carbocycles. The highest BCUT2D eigenvalue weighted by atomic mass is 15.3. The van der Waals surface area contributed by atoms with E-state index in [0.29, 0.717) is 0 Å². The maximum absolute atomic E-state index is 4.47. The maximum Gasteiger partial charge on any atom is 0.155 e. The molecule has 0 aliphatic rings. The van der Waals surface area contributed by atoms with E-state index in [0.717, 1.165) is 47.7 Å². The first kappa shape index (κ1) is 14.5. The minimum atomic E-state index is 0.828. The lowest BCUT2D eigenvalue weighted by Gasteiger charge is -2.08. The Morgan fingerprint density at radius 1 is 1.14 bits per heavy atom. The Morgan fingerprint density at radius 3 is 2.68 bits per heavy atom. The number of hydrogen-bond acceptors (Lipinski definition) is 5. The molecule has 0 spiro atoms. The highest BCUT2D eigenvalue weighted by molar-refractivity contribution is 5.87. The largest absolute Gasteiger partial charge is 0.368 e. The number of fused-ring (bicyclic) bond motifs is 1. The minimum Gasteiger partial charge on any atom is -0.368 e. The van der Waals surface area contributed by atoms with E-state index in [1.165, 1.54) is 5.69 Å². The van der Waals surface area contributed by atoms with Crippen LogP contribution in [0.2, 0.25) is 0 Å². The van der Waals surface area contributed by atoms with Crippen LogP contribution in [0.5, 0.6) is 0 Å². The van der Waals surface area contributed by atoms with Gasteiger partial charge in [0.25, 0.3) is 0 Å². The molecule has 3 heterocycles. The average molecular weight is 299 g/mol. The molecule has 3 aromatic heterocycles. The van der Waals surface area contributed by atoms with Gasteiger partial charge >= 0.3 is 0 Å². The van der Waals surface area contributed by atoms with Gasteiger partial charge in [-0.15, -0.1) is 0 Å². The number of aryl methyl sites for hydroxylation is 5. The van der Waals surface area contributed by atoms with Crippen LogP contribution in [0.3, 0.4) is 0 Å². The van der Waals surface area contributed by atoms with Gasteiger partial charge in [0, 0.05) is 25.8 Å². The van der Waals surface area contributed by atoms with Crippen LogP contribution in [0.1, 0.15) is 23.5 Å². The summed E-state index contributed by atoms with van der Waals surface area (Å²) in [5, 5.41) is 12.3. The monoisotopic (exact) mass is 299 g/mol. The summed E-state index contributed by atoms with van der Waals surface area (Å²) in [6.07, 6.45) is 2.56. The summed E-state index contributed by atoms with van der Waals surface area (Å²) in [6.45, 7) is 7.78. The Morgan fingerprint density at radius 2 is 1.95 bits per heavy atom. The fraction of sp³-hybridized carbons (Fsp3) is 0.467. The van der Waals surface area contributed by atoms with Gasteiger partial charge in [-0.1, -0.05) is 0 Å². The van der Waals surface area contributed by atoms with Crippen molar-refractivity contribution in [3.63, 3.8) is 0 Å². The molecule has 0 amide bonds. The molecular formula is C15H21N7. The van der Waals surface area contributed by atoms with Crippen molar-refractivity contribution < 1.29 is 0 Å². The SMILES string of the molecule is Cc1cc(C)n(CCCNc2ncnc3c(C)nn(C)c23)n1. The van der Waals surface area contributed by atoms with Crippen LogP contribution in [-0.2, 0) is 13.6 Å². The average Bonchev–Trinajstić information content (AvgIpc) is 2.95. The van der Waals surface area contributed by atoms with Gasteiger partial charge in [-0.25, -0.2) is 9.97 Å². The van der Waals surface area contributed by atoms with Crippen LogP contribution in [0.15, 0.2) is 12.4 Å². The molecule has 0 fully saturated rings. The third kappa shape index (κ3) is 2.66. The van der Waals surface area contributed by atoms with Crippen molar-refractivity contribution in [1.82, 2.24) is 29.5 Å². The lowest BCUT2D eigenvalue weighted by atomic mass is 10.3. The number of hydrogen-bond donors (Lipinski definition) is 1. The second-order valence-electron chi connectivity index (χ2n) is 5.56. The number of anilines is 1. The standard InChI is InChI=1S/C15H21N7/c1-10-8-11(2)22(19-10)7-5-6-16-15-14-13(17-9-18-15)12(3)20-21(14)4/h8-9H,5-7H2,1-4H3,(H,16,17,18). The minimum absolute atomic E-state index is 0.828. The maximum atomic E-state index is 4.47. The molecule has 0 saturated heterocycles. The molecule has 0 saturated carbocycles. The Labute approximate surface area is 129 Å². The topological polar surface area (TPSA) is 73.5 Å². The zero-order valence-electron chi connectivity index (χ0n) is 13.5. The molecule has 7 heteroatoms. The predicted molar refractivity (Wildman–Crippen MR) is 85.8 cm³/mol. The molecule has 0 aliphatic carbocycles. The summed E-state index contributed by atoms with van der Waals surface area (Å²) >= 11 is 0. The summed E-state index contributed by atoms with van der Waals surface area (Å²) < 4.78 is 3.87. The molecule has 0 atom stereocenters. The van der Waals surface area contributed by atoms with Crippen molar-refractivity contribution in [1.29, 1.82) is 0 Å². The molecular weight excluding hydrogens is 278 g/mol. The highest BCUT2D eigenvalue weighted by Gasteiger charge is 2.11. The van der Waals surface area contributed by atoms with Gasteiger partial charge in [-0.2, -0.15) is 10.2 Å². The van der Waals surface area contributed by atoms with Crippen LogP contribution in [0, 0.1) is 20.8 Å². The van der Waals surface area contributed by atoms with Gasteiger partial charge < -0.3 is 5.32 Å². The van der Waals surface area contributed by atoms with Crippen molar-refractivity contribution >= 4 is 16.9 Å². The first-order valence-electron chi connectivity index (χ1n) is 7.45. The Kier molecular flexibility index (Phi) is 3.79. The van der Waals surface area contributed by atoms with Crippen molar-refractivity contribution in [3.05, 3.63) is 29.5 Å². The predicted octanol–water partition coefficient (Wildman–Crippen LogP) is 1.99. The van der Waals surface area contributed by atoms with E-state index in [4.69, 9.17) is 0 Å². The number of rotatable bonds is 5. The molecule has 0 aliphatic heterocycles. The molecule has 3 aromatic rings. The summed E-state index contributed by atoms with van der Waals surface area (Å²) in [5.74, 6) is 0.835. The van der Waals surface area contributed by atoms with Gasteiger partial charge in [0.2, 0.25) is 0 Å². The van der Waals surface area contributed by atoms with E-state index < -0.39 is 0 Å².